The molecule has 1 aromatic carbocycles. The Bertz CT molecular complexity index is 611. The number of carboxylic acids is 1. The molecule has 0 spiro atoms. The normalized spacial score (nSPS) is 28.8. The van der Waals surface area contributed by atoms with Crippen LogP contribution in [0, 0.1) is 23.6 Å². The molecule has 0 amide bonds. The van der Waals surface area contributed by atoms with Crippen LogP contribution in [0.5, 0.6) is 0 Å². The fraction of sp³-hybridized carbons (Fsp3) is 0.708. The van der Waals surface area contributed by atoms with E-state index in [0.717, 1.165) is 36.2 Å². The number of hydrogen-bond acceptors (Lipinski definition) is 1. The van der Waals surface area contributed by atoms with Gasteiger partial charge in [-0.15, -0.1) is 0 Å². The van der Waals surface area contributed by atoms with E-state index in [2.05, 4.69) is 6.92 Å². The van der Waals surface area contributed by atoms with Crippen molar-refractivity contribution in [2.24, 2.45) is 17.8 Å². The summed E-state index contributed by atoms with van der Waals surface area (Å²) in [6.45, 7) is 2.30. The maximum Gasteiger partial charge on any atom is 0.338 e. The predicted molar refractivity (Wildman–Crippen MR) is 108 cm³/mol. The molecule has 27 heavy (non-hydrogen) atoms. The fourth-order valence-corrected chi connectivity index (χ4v) is 5.43. The molecule has 1 N–H and O–H groups in total. The zero-order valence-electron chi connectivity index (χ0n) is 16.8. The molecule has 150 valence electrons. The predicted octanol–water partition coefficient (Wildman–Crippen LogP) is 7.18. The van der Waals surface area contributed by atoms with Gasteiger partial charge in [0, 0.05) is 0 Å². The molecule has 0 unspecified atom stereocenters. The molecular formula is C24H35FO2. The number of carbonyl (C=O) groups is 1. The molecule has 2 nitrogen and oxygen atoms in total. The van der Waals surface area contributed by atoms with Crippen molar-refractivity contribution in [2.75, 3.05) is 0 Å². The average molecular weight is 375 g/mol. The Morgan fingerprint density at radius 2 is 1.44 bits per heavy atom. The van der Waals surface area contributed by atoms with Crippen molar-refractivity contribution in [1.82, 2.24) is 0 Å². The molecule has 1 aromatic rings. The summed E-state index contributed by atoms with van der Waals surface area (Å²) < 4.78 is 14.0. The smallest absolute Gasteiger partial charge is 0.338 e. The molecule has 3 rings (SSSR count). The standard InChI is InChI=1S/C24H35FO2/c1-2-3-17-4-6-18(7-5-17)8-9-19-10-12-20(13-11-19)21-14-15-22(24(26)27)23(25)16-21/h14-20H,2-13H2,1H3,(H,26,27). The van der Waals surface area contributed by atoms with Gasteiger partial charge in [0.05, 0.1) is 5.56 Å². The van der Waals surface area contributed by atoms with Gasteiger partial charge in [-0.2, -0.15) is 0 Å². The van der Waals surface area contributed by atoms with Gasteiger partial charge in [-0.05, 0) is 67.1 Å². The highest BCUT2D eigenvalue weighted by Gasteiger charge is 2.26. The Morgan fingerprint density at radius 1 is 0.926 bits per heavy atom. The molecule has 2 aliphatic carbocycles. The van der Waals surface area contributed by atoms with Crippen molar-refractivity contribution in [3.63, 3.8) is 0 Å². The van der Waals surface area contributed by atoms with Gasteiger partial charge in [-0.1, -0.05) is 64.4 Å². The van der Waals surface area contributed by atoms with Crippen LogP contribution in [0.25, 0.3) is 0 Å². The van der Waals surface area contributed by atoms with Crippen molar-refractivity contribution in [3.8, 4) is 0 Å². The second-order valence-corrected chi connectivity index (χ2v) is 9.01. The van der Waals surface area contributed by atoms with Crippen molar-refractivity contribution >= 4 is 5.97 Å². The van der Waals surface area contributed by atoms with E-state index in [1.807, 2.05) is 6.07 Å². The first-order valence-electron chi connectivity index (χ1n) is 11.1. The van der Waals surface area contributed by atoms with Gasteiger partial charge in [0.25, 0.3) is 0 Å². The third kappa shape index (κ3) is 5.56. The van der Waals surface area contributed by atoms with E-state index >= 15 is 0 Å². The van der Waals surface area contributed by atoms with Gasteiger partial charge in [-0.25, -0.2) is 9.18 Å². The van der Waals surface area contributed by atoms with Crippen LogP contribution in [0.1, 0.15) is 106 Å². The lowest BCUT2D eigenvalue weighted by atomic mass is 9.74. The SMILES string of the molecule is CCCC1CCC(CCC2CCC(c3ccc(C(=O)O)c(F)c3)CC2)CC1. The van der Waals surface area contributed by atoms with Gasteiger partial charge in [0.1, 0.15) is 5.82 Å². The van der Waals surface area contributed by atoms with Gasteiger partial charge in [-0.3, -0.25) is 0 Å². The summed E-state index contributed by atoms with van der Waals surface area (Å²) in [4.78, 5) is 11.0. The van der Waals surface area contributed by atoms with E-state index in [9.17, 15) is 9.18 Å². The van der Waals surface area contributed by atoms with Crippen LogP contribution in [0.2, 0.25) is 0 Å². The molecule has 0 radical (unpaired) electrons. The molecule has 0 bridgehead atoms. The van der Waals surface area contributed by atoms with Gasteiger partial charge in [0.2, 0.25) is 0 Å². The van der Waals surface area contributed by atoms with Crippen LogP contribution in [-0.2, 0) is 0 Å². The molecule has 2 aliphatic rings. The van der Waals surface area contributed by atoms with E-state index in [1.165, 1.54) is 76.3 Å². The summed E-state index contributed by atoms with van der Waals surface area (Å²) >= 11 is 0. The maximum atomic E-state index is 14.0. The number of aromatic carboxylic acids is 1. The van der Waals surface area contributed by atoms with Crippen LogP contribution in [0.4, 0.5) is 4.39 Å². The Kier molecular flexibility index (Phi) is 7.32. The molecule has 0 aliphatic heterocycles. The number of benzene rings is 1. The molecule has 0 saturated heterocycles. The third-order valence-electron chi connectivity index (χ3n) is 7.19. The van der Waals surface area contributed by atoms with Crippen LogP contribution >= 0.6 is 0 Å². The lowest BCUT2D eigenvalue weighted by molar-refractivity contribution is 0.0692. The maximum absolute atomic E-state index is 14.0. The molecule has 0 aromatic heterocycles. The largest absolute Gasteiger partial charge is 0.478 e. The summed E-state index contributed by atoms with van der Waals surface area (Å²) in [7, 11) is 0. The monoisotopic (exact) mass is 374 g/mol. The second-order valence-electron chi connectivity index (χ2n) is 9.01. The minimum absolute atomic E-state index is 0.221. The van der Waals surface area contributed by atoms with Crippen LogP contribution in [0.15, 0.2) is 18.2 Å². The number of rotatable bonds is 7. The highest BCUT2D eigenvalue weighted by Crippen LogP contribution is 2.40. The fourth-order valence-electron chi connectivity index (χ4n) is 5.43. The Balaban J connectivity index is 1.40. The number of halogens is 1. The van der Waals surface area contributed by atoms with E-state index in [-0.39, 0.29) is 5.56 Å². The van der Waals surface area contributed by atoms with Crippen LogP contribution in [0.3, 0.4) is 0 Å². The van der Waals surface area contributed by atoms with Gasteiger partial charge < -0.3 is 5.11 Å². The highest BCUT2D eigenvalue weighted by atomic mass is 19.1. The first kappa shape index (κ1) is 20.4. The van der Waals surface area contributed by atoms with E-state index in [0.29, 0.717) is 5.92 Å². The first-order valence-corrected chi connectivity index (χ1v) is 11.1. The first-order chi connectivity index (χ1) is 13.1. The zero-order chi connectivity index (χ0) is 19.2. The number of hydrogen-bond donors (Lipinski definition) is 1. The topological polar surface area (TPSA) is 37.3 Å². The molecule has 3 heteroatoms. The van der Waals surface area contributed by atoms with Gasteiger partial charge >= 0.3 is 5.97 Å². The van der Waals surface area contributed by atoms with E-state index in [4.69, 9.17) is 5.11 Å². The Hall–Kier alpha value is -1.38. The molecule has 2 saturated carbocycles. The zero-order valence-corrected chi connectivity index (χ0v) is 16.8. The van der Waals surface area contributed by atoms with E-state index in [1.54, 1.807) is 0 Å². The lowest BCUT2D eigenvalue weighted by Gasteiger charge is -2.32. The quantitative estimate of drug-likeness (QED) is 0.548. The minimum atomic E-state index is -1.19. The minimum Gasteiger partial charge on any atom is -0.478 e. The van der Waals surface area contributed by atoms with Crippen LogP contribution < -0.4 is 0 Å². The Labute approximate surface area is 163 Å². The average Bonchev–Trinajstić information content (AvgIpc) is 2.68. The summed E-state index contributed by atoms with van der Waals surface area (Å²) in [5.41, 5.74) is 0.756. The van der Waals surface area contributed by atoms with Crippen molar-refractivity contribution in [2.45, 2.75) is 89.9 Å². The van der Waals surface area contributed by atoms with Crippen molar-refractivity contribution < 1.29 is 14.3 Å². The Morgan fingerprint density at radius 3 is 1.93 bits per heavy atom. The second kappa shape index (κ2) is 9.71. The summed E-state index contributed by atoms with van der Waals surface area (Å²) in [6, 6.07) is 4.68. The molecule has 0 atom stereocenters. The molecule has 0 heterocycles. The molecule has 2 fully saturated rings. The van der Waals surface area contributed by atoms with Crippen molar-refractivity contribution in [1.29, 1.82) is 0 Å². The van der Waals surface area contributed by atoms with Gasteiger partial charge in [0.15, 0.2) is 0 Å². The summed E-state index contributed by atoms with van der Waals surface area (Å²) in [6.07, 6.45) is 16.0. The van der Waals surface area contributed by atoms with Crippen molar-refractivity contribution in [3.05, 3.63) is 35.1 Å². The summed E-state index contributed by atoms with van der Waals surface area (Å²) in [5, 5.41) is 8.97. The highest BCUT2D eigenvalue weighted by molar-refractivity contribution is 5.87. The van der Waals surface area contributed by atoms with E-state index < -0.39 is 11.8 Å². The van der Waals surface area contributed by atoms with Crippen LogP contribution in [-0.4, -0.2) is 11.1 Å². The summed E-state index contributed by atoms with van der Waals surface area (Å²) in [5.74, 6) is 1.39. The number of carboxylic acid groups (broad SMARTS) is 1. The third-order valence-corrected chi connectivity index (χ3v) is 7.19. The molecular weight excluding hydrogens is 339 g/mol. The lowest BCUT2D eigenvalue weighted by Crippen LogP contribution is -2.18.